The van der Waals surface area contributed by atoms with Gasteiger partial charge in [-0.2, -0.15) is 13.2 Å². The van der Waals surface area contributed by atoms with Crippen molar-refractivity contribution in [1.82, 2.24) is 10.4 Å². The number of amides is 1. The summed E-state index contributed by atoms with van der Waals surface area (Å²) in [5.41, 5.74) is 1.16. The average molecular weight is 331 g/mol. The zero-order valence-electron chi connectivity index (χ0n) is 12.6. The quantitative estimate of drug-likeness (QED) is 0.680. The molecule has 1 aromatic carbocycles. The Bertz CT molecular complexity index is 631. The predicted molar refractivity (Wildman–Crippen MR) is 75.3 cm³/mol. The van der Waals surface area contributed by atoms with E-state index in [-0.39, 0.29) is 17.7 Å². The number of benzene rings is 1. The number of nitrogens with zero attached hydrogens (tertiary/aromatic N) is 2. The molecular weight excluding hydrogens is 315 g/mol. The number of hydrazine groups is 1. The smallest absolute Gasteiger partial charge is 0.288 e. The van der Waals surface area contributed by atoms with Gasteiger partial charge in [0.2, 0.25) is 5.91 Å². The van der Waals surface area contributed by atoms with Crippen LogP contribution in [0.2, 0.25) is 0 Å². The Morgan fingerprint density at radius 2 is 2.09 bits per heavy atom. The zero-order chi connectivity index (χ0) is 17.4. The van der Waals surface area contributed by atoms with Crippen LogP contribution in [0.4, 0.5) is 18.9 Å². The standard InChI is InChI=1S/C14H16F3N3O3/c1-13(2)8-12(21)18-19(13)11(14(15,16)17)7-9-4-3-5-10(6-9)20(22)23/h3-6,11H,7-8H2,1-2H3,(H,18,21)/t11-/m0/s1. The van der Waals surface area contributed by atoms with Crippen LogP contribution in [0.25, 0.3) is 0 Å². The molecule has 0 unspecified atom stereocenters. The fraction of sp³-hybridized carbons (Fsp3) is 0.500. The van der Waals surface area contributed by atoms with E-state index in [2.05, 4.69) is 5.43 Å². The van der Waals surface area contributed by atoms with Crippen molar-refractivity contribution in [3.8, 4) is 0 Å². The van der Waals surface area contributed by atoms with E-state index in [0.29, 0.717) is 0 Å². The van der Waals surface area contributed by atoms with Gasteiger partial charge >= 0.3 is 6.18 Å². The molecule has 1 saturated heterocycles. The van der Waals surface area contributed by atoms with Gasteiger partial charge in [-0.05, 0) is 25.8 Å². The number of alkyl halides is 3. The van der Waals surface area contributed by atoms with Gasteiger partial charge in [-0.1, -0.05) is 12.1 Å². The Balaban J connectivity index is 2.32. The third-order valence-corrected chi connectivity index (χ3v) is 3.73. The first-order valence-corrected chi connectivity index (χ1v) is 6.89. The lowest BCUT2D eigenvalue weighted by Gasteiger charge is -2.37. The molecule has 0 bridgehead atoms. The zero-order valence-corrected chi connectivity index (χ0v) is 12.6. The van der Waals surface area contributed by atoms with Crippen molar-refractivity contribution < 1.29 is 22.9 Å². The van der Waals surface area contributed by atoms with Crippen LogP contribution >= 0.6 is 0 Å². The molecule has 2 rings (SSSR count). The molecule has 6 nitrogen and oxygen atoms in total. The molecule has 0 spiro atoms. The molecule has 1 N–H and O–H groups in total. The second-order valence-corrected chi connectivity index (χ2v) is 6.08. The van der Waals surface area contributed by atoms with E-state index >= 15 is 0 Å². The van der Waals surface area contributed by atoms with Crippen LogP contribution in [0.15, 0.2) is 24.3 Å². The van der Waals surface area contributed by atoms with Gasteiger partial charge < -0.3 is 0 Å². The molecule has 23 heavy (non-hydrogen) atoms. The number of nitro benzene ring substituents is 1. The highest BCUT2D eigenvalue weighted by molar-refractivity contribution is 5.79. The van der Waals surface area contributed by atoms with E-state index < -0.39 is 35.0 Å². The minimum Gasteiger partial charge on any atom is -0.288 e. The number of rotatable bonds is 4. The van der Waals surface area contributed by atoms with Gasteiger partial charge in [-0.25, -0.2) is 5.01 Å². The van der Waals surface area contributed by atoms with E-state index in [1.165, 1.54) is 32.0 Å². The second-order valence-electron chi connectivity index (χ2n) is 6.08. The molecule has 0 saturated carbocycles. The summed E-state index contributed by atoms with van der Waals surface area (Å²) in [6, 6.07) is 3.11. The summed E-state index contributed by atoms with van der Waals surface area (Å²) < 4.78 is 40.4. The molecule has 9 heteroatoms. The summed E-state index contributed by atoms with van der Waals surface area (Å²) in [5, 5.41) is 11.7. The number of nitro groups is 1. The minimum atomic E-state index is -4.60. The number of carbonyl (C=O) groups is 1. The molecular formula is C14H16F3N3O3. The van der Waals surface area contributed by atoms with Crippen LogP contribution in [0.3, 0.4) is 0 Å². The summed E-state index contributed by atoms with van der Waals surface area (Å²) in [6.45, 7) is 3.08. The first-order valence-electron chi connectivity index (χ1n) is 6.89. The molecule has 1 aliphatic heterocycles. The molecule has 1 amide bonds. The van der Waals surface area contributed by atoms with Gasteiger partial charge in [0.25, 0.3) is 5.69 Å². The van der Waals surface area contributed by atoms with E-state index in [9.17, 15) is 28.1 Å². The third kappa shape index (κ3) is 3.79. The molecule has 1 fully saturated rings. The minimum absolute atomic E-state index is 0.0471. The lowest BCUT2D eigenvalue weighted by molar-refractivity contribution is -0.384. The van der Waals surface area contributed by atoms with Crippen LogP contribution in [0.1, 0.15) is 25.8 Å². The maximum atomic E-state index is 13.5. The molecule has 1 atom stereocenters. The SMILES string of the molecule is CC1(C)CC(=O)NN1[C@@H](Cc1cccc([N+](=O)[O-])c1)C(F)(F)F. The average Bonchev–Trinajstić information content (AvgIpc) is 2.67. The Hall–Kier alpha value is -2.16. The third-order valence-electron chi connectivity index (χ3n) is 3.73. The molecule has 0 radical (unpaired) electrons. The van der Waals surface area contributed by atoms with Crippen LogP contribution in [0, 0.1) is 10.1 Å². The predicted octanol–water partition coefficient (Wildman–Crippen LogP) is 2.58. The number of hydrogen-bond donors (Lipinski definition) is 1. The second kappa shape index (κ2) is 5.80. The van der Waals surface area contributed by atoms with Crippen LogP contribution in [-0.2, 0) is 11.2 Å². The lowest BCUT2D eigenvalue weighted by Crippen LogP contribution is -2.57. The first kappa shape index (κ1) is 17.2. The summed E-state index contributed by atoms with van der Waals surface area (Å²) in [6.07, 6.45) is -5.14. The summed E-state index contributed by atoms with van der Waals surface area (Å²) in [7, 11) is 0. The monoisotopic (exact) mass is 331 g/mol. The largest absolute Gasteiger partial charge is 0.406 e. The highest BCUT2D eigenvalue weighted by Gasteiger charge is 2.52. The molecule has 0 aromatic heterocycles. The van der Waals surface area contributed by atoms with Gasteiger partial charge in [-0.3, -0.25) is 20.3 Å². The van der Waals surface area contributed by atoms with Gasteiger partial charge in [0.15, 0.2) is 0 Å². The molecule has 126 valence electrons. The molecule has 1 heterocycles. The summed E-state index contributed by atoms with van der Waals surface area (Å²) in [4.78, 5) is 21.6. The van der Waals surface area contributed by atoms with Gasteiger partial charge in [0.1, 0.15) is 6.04 Å². The molecule has 0 aliphatic carbocycles. The Kier molecular flexibility index (Phi) is 4.34. The van der Waals surface area contributed by atoms with Crippen molar-refractivity contribution in [2.45, 2.75) is 44.4 Å². The van der Waals surface area contributed by atoms with Crippen LogP contribution in [0.5, 0.6) is 0 Å². The summed E-state index contributed by atoms with van der Waals surface area (Å²) in [5.74, 6) is -0.483. The van der Waals surface area contributed by atoms with Crippen molar-refractivity contribution in [3.05, 3.63) is 39.9 Å². The normalized spacial score (nSPS) is 19.4. The fourth-order valence-corrected chi connectivity index (χ4v) is 2.68. The number of nitrogens with one attached hydrogen (secondary N) is 1. The number of non-ortho nitro benzene ring substituents is 1. The number of carbonyl (C=O) groups excluding carboxylic acids is 1. The van der Waals surface area contributed by atoms with E-state index in [1.54, 1.807) is 0 Å². The molecule has 1 aliphatic rings. The van der Waals surface area contributed by atoms with Gasteiger partial charge in [0.05, 0.1) is 4.92 Å². The topological polar surface area (TPSA) is 75.5 Å². The van der Waals surface area contributed by atoms with Crippen molar-refractivity contribution in [3.63, 3.8) is 0 Å². The number of hydrogen-bond acceptors (Lipinski definition) is 4. The van der Waals surface area contributed by atoms with Crippen molar-refractivity contribution >= 4 is 11.6 Å². The van der Waals surface area contributed by atoms with Crippen LogP contribution in [-0.4, -0.2) is 33.6 Å². The maximum absolute atomic E-state index is 13.5. The Labute approximate surface area is 130 Å². The van der Waals surface area contributed by atoms with E-state index in [1.807, 2.05) is 0 Å². The van der Waals surface area contributed by atoms with Crippen molar-refractivity contribution in [2.24, 2.45) is 0 Å². The van der Waals surface area contributed by atoms with Gasteiger partial charge in [0, 0.05) is 24.1 Å². The lowest BCUT2D eigenvalue weighted by atomic mass is 9.97. The van der Waals surface area contributed by atoms with Gasteiger partial charge in [-0.15, -0.1) is 0 Å². The highest BCUT2D eigenvalue weighted by atomic mass is 19.4. The van der Waals surface area contributed by atoms with Crippen molar-refractivity contribution in [1.29, 1.82) is 0 Å². The van der Waals surface area contributed by atoms with Crippen molar-refractivity contribution in [2.75, 3.05) is 0 Å². The Morgan fingerprint density at radius 1 is 1.43 bits per heavy atom. The maximum Gasteiger partial charge on any atom is 0.406 e. The highest BCUT2D eigenvalue weighted by Crippen LogP contribution is 2.35. The number of halogens is 3. The van der Waals surface area contributed by atoms with E-state index in [0.717, 1.165) is 11.1 Å². The Morgan fingerprint density at radius 3 is 2.57 bits per heavy atom. The van der Waals surface area contributed by atoms with E-state index in [4.69, 9.17) is 0 Å². The first-order chi connectivity index (χ1) is 10.5. The molecule has 1 aromatic rings. The fourth-order valence-electron chi connectivity index (χ4n) is 2.68. The summed E-state index contributed by atoms with van der Waals surface area (Å²) >= 11 is 0. The van der Waals surface area contributed by atoms with Crippen LogP contribution < -0.4 is 5.43 Å².